The standard InChI is InChI=1S/C33H34FN/c1-2-3-4-5-6-25-7-9-26(10-8-25)11-14-28-18-22-32-31(23-28)21-20-30(33(32)34)19-17-27-12-15-29(24-35)16-13-27/h7-10,12-13,15-16,18,20-23H,2-6,11,14,17,19H2,1H3. The van der Waals surface area contributed by atoms with Crippen molar-refractivity contribution in [3.8, 4) is 6.07 Å². The van der Waals surface area contributed by atoms with Gasteiger partial charge in [-0.25, -0.2) is 4.39 Å². The molecule has 0 unspecified atom stereocenters. The zero-order valence-electron chi connectivity index (χ0n) is 20.7. The van der Waals surface area contributed by atoms with Crippen molar-refractivity contribution in [2.75, 3.05) is 0 Å². The SMILES string of the molecule is CCCCCCc1ccc(CCc2ccc3c(F)c(CCc4ccc(C#N)cc4)ccc3c2)cc1. The van der Waals surface area contributed by atoms with Crippen LogP contribution in [-0.2, 0) is 32.1 Å². The molecule has 4 rings (SSSR count). The molecule has 0 saturated carbocycles. The summed E-state index contributed by atoms with van der Waals surface area (Å²) < 4.78 is 15.2. The third kappa shape index (κ3) is 6.80. The second-order valence-electron chi connectivity index (χ2n) is 9.53. The Hall–Kier alpha value is -3.44. The van der Waals surface area contributed by atoms with Gasteiger partial charge >= 0.3 is 0 Å². The van der Waals surface area contributed by atoms with Gasteiger partial charge in [-0.2, -0.15) is 5.26 Å². The highest BCUT2D eigenvalue weighted by Crippen LogP contribution is 2.24. The fraction of sp³-hybridized carbons (Fsp3) is 0.303. The van der Waals surface area contributed by atoms with Crippen molar-refractivity contribution in [2.24, 2.45) is 0 Å². The Kier molecular flexibility index (Phi) is 8.68. The lowest BCUT2D eigenvalue weighted by atomic mass is 9.97. The van der Waals surface area contributed by atoms with Crippen LogP contribution in [0.4, 0.5) is 4.39 Å². The summed E-state index contributed by atoms with van der Waals surface area (Å²) in [6.07, 6.45) is 9.72. The van der Waals surface area contributed by atoms with E-state index < -0.39 is 0 Å². The topological polar surface area (TPSA) is 23.8 Å². The van der Waals surface area contributed by atoms with Gasteiger partial charge in [-0.3, -0.25) is 0 Å². The van der Waals surface area contributed by atoms with Crippen LogP contribution in [0.15, 0.2) is 78.9 Å². The minimum absolute atomic E-state index is 0.114. The summed E-state index contributed by atoms with van der Waals surface area (Å²) in [5.41, 5.74) is 6.53. The molecule has 0 aromatic heterocycles. The predicted octanol–water partition coefficient (Wildman–Crippen LogP) is 8.54. The molecule has 0 radical (unpaired) electrons. The second kappa shape index (κ2) is 12.3. The van der Waals surface area contributed by atoms with E-state index >= 15 is 4.39 Å². The van der Waals surface area contributed by atoms with Gasteiger partial charge in [0, 0.05) is 5.39 Å². The van der Waals surface area contributed by atoms with E-state index in [4.69, 9.17) is 5.26 Å². The molecule has 0 atom stereocenters. The average Bonchev–Trinajstić information content (AvgIpc) is 2.90. The highest BCUT2D eigenvalue weighted by atomic mass is 19.1. The monoisotopic (exact) mass is 463 g/mol. The number of hydrogen-bond donors (Lipinski definition) is 0. The molecule has 4 aromatic carbocycles. The van der Waals surface area contributed by atoms with Gasteiger partial charge in [0.2, 0.25) is 0 Å². The number of halogens is 1. The van der Waals surface area contributed by atoms with Crippen LogP contribution >= 0.6 is 0 Å². The van der Waals surface area contributed by atoms with Crippen molar-refractivity contribution >= 4 is 10.8 Å². The van der Waals surface area contributed by atoms with Crippen LogP contribution in [0.25, 0.3) is 10.8 Å². The van der Waals surface area contributed by atoms with Gasteiger partial charge in [0.25, 0.3) is 0 Å². The van der Waals surface area contributed by atoms with Crippen molar-refractivity contribution in [3.05, 3.63) is 118 Å². The Balaban J connectivity index is 1.35. The summed E-state index contributed by atoms with van der Waals surface area (Å²) in [6.45, 7) is 2.25. The van der Waals surface area contributed by atoms with E-state index in [-0.39, 0.29) is 5.82 Å². The Morgan fingerprint density at radius 2 is 1.23 bits per heavy atom. The Morgan fingerprint density at radius 1 is 0.629 bits per heavy atom. The lowest BCUT2D eigenvalue weighted by Crippen LogP contribution is -1.97. The Morgan fingerprint density at radius 3 is 1.91 bits per heavy atom. The maximum absolute atomic E-state index is 15.2. The number of aryl methyl sites for hydroxylation is 5. The second-order valence-corrected chi connectivity index (χ2v) is 9.53. The molecule has 0 amide bonds. The number of benzene rings is 4. The number of rotatable bonds is 11. The first-order valence-electron chi connectivity index (χ1n) is 12.9. The van der Waals surface area contributed by atoms with Crippen LogP contribution in [-0.4, -0.2) is 0 Å². The van der Waals surface area contributed by atoms with Crippen LogP contribution < -0.4 is 0 Å². The Labute approximate surface area is 209 Å². The molecule has 178 valence electrons. The van der Waals surface area contributed by atoms with Gasteiger partial charge < -0.3 is 0 Å². The van der Waals surface area contributed by atoms with E-state index in [0.717, 1.165) is 35.8 Å². The van der Waals surface area contributed by atoms with Crippen molar-refractivity contribution in [2.45, 2.75) is 64.7 Å². The van der Waals surface area contributed by atoms with Crippen LogP contribution in [0.3, 0.4) is 0 Å². The molecule has 0 saturated heterocycles. The number of nitriles is 1. The average molecular weight is 464 g/mol. The van der Waals surface area contributed by atoms with E-state index in [0.29, 0.717) is 17.4 Å². The van der Waals surface area contributed by atoms with Crippen LogP contribution in [0.5, 0.6) is 0 Å². The molecule has 0 bridgehead atoms. The molecule has 35 heavy (non-hydrogen) atoms. The summed E-state index contributed by atoms with van der Waals surface area (Å²) in [7, 11) is 0. The summed E-state index contributed by atoms with van der Waals surface area (Å²) in [5.74, 6) is -0.114. The largest absolute Gasteiger partial charge is 0.206 e. The van der Waals surface area contributed by atoms with Gasteiger partial charge in [-0.15, -0.1) is 0 Å². The molecular weight excluding hydrogens is 429 g/mol. The number of unbranched alkanes of at least 4 members (excludes halogenated alkanes) is 3. The first-order valence-corrected chi connectivity index (χ1v) is 12.9. The summed E-state index contributed by atoms with van der Waals surface area (Å²) >= 11 is 0. The molecular formula is C33H34FN. The van der Waals surface area contributed by atoms with E-state index in [1.54, 1.807) is 0 Å². The van der Waals surface area contributed by atoms with E-state index in [1.165, 1.54) is 48.8 Å². The zero-order valence-corrected chi connectivity index (χ0v) is 20.7. The lowest BCUT2D eigenvalue weighted by molar-refractivity contribution is 0.620. The highest BCUT2D eigenvalue weighted by Gasteiger charge is 2.09. The maximum atomic E-state index is 15.2. The van der Waals surface area contributed by atoms with Crippen molar-refractivity contribution in [3.63, 3.8) is 0 Å². The molecule has 0 aliphatic carbocycles. The quantitative estimate of drug-likeness (QED) is 0.204. The van der Waals surface area contributed by atoms with E-state index in [9.17, 15) is 0 Å². The minimum atomic E-state index is -0.114. The molecule has 0 spiro atoms. The molecule has 0 N–H and O–H groups in total. The highest BCUT2D eigenvalue weighted by molar-refractivity contribution is 5.84. The first kappa shape index (κ1) is 24.7. The normalized spacial score (nSPS) is 11.0. The molecule has 4 aromatic rings. The predicted molar refractivity (Wildman–Crippen MR) is 144 cm³/mol. The van der Waals surface area contributed by atoms with Crippen LogP contribution in [0, 0.1) is 17.1 Å². The Bertz CT molecular complexity index is 1280. The van der Waals surface area contributed by atoms with Gasteiger partial charge in [0.05, 0.1) is 11.6 Å². The summed E-state index contributed by atoms with van der Waals surface area (Å²) in [5, 5.41) is 10.6. The van der Waals surface area contributed by atoms with E-state index in [2.05, 4.69) is 49.4 Å². The minimum Gasteiger partial charge on any atom is -0.206 e. The lowest BCUT2D eigenvalue weighted by Gasteiger charge is -2.09. The molecule has 0 fully saturated rings. The van der Waals surface area contributed by atoms with Gasteiger partial charge in [-0.1, -0.05) is 92.9 Å². The number of fused-ring (bicyclic) bond motifs is 1. The molecule has 1 nitrogen and oxygen atoms in total. The molecule has 0 aliphatic heterocycles. The molecule has 2 heteroatoms. The smallest absolute Gasteiger partial charge is 0.134 e. The summed E-state index contributed by atoms with van der Waals surface area (Å²) in [4.78, 5) is 0. The fourth-order valence-electron chi connectivity index (χ4n) is 4.68. The first-order chi connectivity index (χ1) is 17.2. The van der Waals surface area contributed by atoms with Crippen LogP contribution in [0.2, 0.25) is 0 Å². The molecule has 0 aliphatic rings. The van der Waals surface area contributed by atoms with Crippen molar-refractivity contribution in [1.29, 1.82) is 5.26 Å². The number of nitrogens with zero attached hydrogens (tertiary/aromatic N) is 1. The third-order valence-electron chi connectivity index (χ3n) is 6.91. The van der Waals surface area contributed by atoms with Crippen molar-refractivity contribution < 1.29 is 4.39 Å². The van der Waals surface area contributed by atoms with Crippen molar-refractivity contribution in [1.82, 2.24) is 0 Å². The number of hydrogen-bond acceptors (Lipinski definition) is 1. The maximum Gasteiger partial charge on any atom is 0.134 e. The fourth-order valence-corrected chi connectivity index (χ4v) is 4.68. The molecule has 0 heterocycles. The van der Waals surface area contributed by atoms with Gasteiger partial charge in [-0.05, 0) is 83.9 Å². The van der Waals surface area contributed by atoms with Gasteiger partial charge in [0.1, 0.15) is 5.82 Å². The third-order valence-corrected chi connectivity index (χ3v) is 6.91. The summed E-state index contributed by atoms with van der Waals surface area (Å²) in [6, 6.07) is 28.8. The van der Waals surface area contributed by atoms with E-state index in [1.807, 2.05) is 42.5 Å². The zero-order chi connectivity index (χ0) is 24.5. The van der Waals surface area contributed by atoms with Gasteiger partial charge in [0.15, 0.2) is 0 Å². The van der Waals surface area contributed by atoms with Crippen LogP contribution in [0.1, 0.15) is 66.0 Å².